The second kappa shape index (κ2) is 7.08. The molecule has 27 heavy (non-hydrogen) atoms. The van der Waals surface area contributed by atoms with Gasteiger partial charge in [-0.25, -0.2) is 4.98 Å². The smallest absolute Gasteiger partial charge is 0.228 e. The molecule has 0 spiro atoms. The van der Waals surface area contributed by atoms with Crippen LogP contribution in [-0.4, -0.2) is 15.3 Å². The highest BCUT2D eigenvalue weighted by atomic mass is 16.1. The molecule has 4 heteroatoms. The second-order valence-electron chi connectivity index (χ2n) is 6.81. The minimum atomic E-state index is -0.0343. The number of hydrogen-bond acceptors (Lipinski definition) is 2. The Bertz CT molecular complexity index is 1130. The number of aromatic nitrogens is 2. The van der Waals surface area contributed by atoms with Crippen molar-refractivity contribution in [1.82, 2.24) is 9.38 Å². The van der Waals surface area contributed by atoms with Crippen molar-refractivity contribution in [2.45, 2.75) is 20.3 Å². The zero-order chi connectivity index (χ0) is 18.8. The minimum absolute atomic E-state index is 0.0343. The molecule has 0 aliphatic heterocycles. The van der Waals surface area contributed by atoms with E-state index in [9.17, 15) is 4.79 Å². The average Bonchev–Trinajstić information content (AvgIpc) is 3.07. The van der Waals surface area contributed by atoms with Crippen LogP contribution >= 0.6 is 0 Å². The Morgan fingerprint density at radius 3 is 2.70 bits per heavy atom. The Balaban J connectivity index is 1.62. The summed E-state index contributed by atoms with van der Waals surface area (Å²) >= 11 is 0. The Morgan fingerprint density at radius 1 is 1.04 bits per heavy atom. The molecule has 0 bridgehead atoms. The van der Waals surface area contributed by atoms with Crippen molar-refractivity contribution in [1.29, 1.82) is 0 Å². The van der Waals surface area contributed by atoms with E-state index in [0.29, 0.717) is 6.42 Å². The molecule has 4 nitrogen and oxygen atoms in total. The summed E-state index contributed by atoms with van der Waals surface area (Å²) in [6.07, 6.45) is 4.33. The summed E-state index contributed by atoms with van der Waals surface area (Å²) in [7, 11) is 0. The summed E-state index contributed by atoms with van der Waals surface area (Å²) in [4.78, 5) is 17.3. The van der Waals surface area contributed by atoms with Gasteiger partial charge < -0.3 is 9.72 Å². The summed E-state index contributed by atoms with van der Waals surface area (Å²) in [6.45, 7) is 4.07. The molecule has 0 atom stereocenters. The van der Waals surface area contributed by atoms with Gasteiger partial charge >= 0.3 is 0 Å². The summed E-state index contributed by atoms with van der Waals surface area (Å²) in [5, 5.41) is 3.05. The first-order valence-corrected chi connectivity index (χ1v) is 8.99. The van der Waals surface area contributed by atoms with Gasteiger partial charge in [0.15, 0.2) is 0 Å². The predicted octanol–water partition coefficient (Wildman–Crippen LogP) is 4.80. The van der Waals surface area contributed by atoms with Crippen LogP contribution in [0.3, 0.4) is 0 Å². The molecule has 1 N–H and O–H groups in total. The molecule has 0 saturated carbocycles. The van der Waals surface area contributed by atoms with Gasteiger partial charge in [0.05, 0.1) is 17.8 Å². The molecule has 0 radical (unpaired) electrons. The molecule has 2 heterocycles. The van der Waals surface area contributed by atoms with Crippen molar-refractivity contribution in [2.24, 2.45) is 0 Å². The van der Waals surface area contributed by atoms with Crippen LogP contribution in [0.1, 0.15) is 16.7 Å². The van der Waals surface area contributed by atoms with Gasteiger partial charge in [-0.2, -0.15) is 0 Å². The number of rotatable bonds is 4. The lowest BCUT2D eigenvalue weighted by molar-refractivity contribution is -0.115. The molecule has 4 rings (SSSR count). The predicted molar refractivity (Wildman–Crippen MR) is 109 cm³/mol. The Morgan fingerprint density at radius 2 is 1.89 bits per heavy atom. The van der Waals surface area contributed by atoms with E-state index in [1.54, 1.807) is 0 Å². The summed E-state index contributed by atoms with van der Waals surface area (Å²) in [5.41, 5.74) is 6.73. The van der Waals surface area contributed by atoms with Gasteiger partial charge in [0, 0.05) is 18.0 Å². The number of nitrogens with one attached hydrogen (secondary N) is 1. The van der Waals surface area contributed by atoms with Gasteiger partial charge in [-0.3, -0.25) is 4.79 Å². The van der Waals surface area contributed by atoms with E-state index in [1.807, 2.05) is 91.3 Å². The van der Waals surface area contributed by atoms with Gasteiger partial charge in [0.25, 0.3) is 0 Å². The summed E-state index contributed by atoms with van der Waals surface area (Å²) in [5.74, 6) is -0.0343. The minimum Gasteiger partial charge on any atom is -0.325 e. The van der Waals surface area contributed by atoms with Crippen LogP contribution < -0.4 is 5.32 Å². The Labute approximate surface area is 158 Å². The molecule has 0 unspecified atom stereocenters. The molecule has 0 fully saturated rings. The van der Waals surface area contributed by atoms with Crippen LogP contribution in [0.5, 0.6) is 0 Å². The number of pyridine rings is 1. The zero-order valence-corrected chi connectivity index (χ0v) is 15.4. The molecule has 4 aromatic rings. The van der Waals surface area contributed by atoms with Crippen LogP contribution in [0.15, 0.2) is 73.1 Å². The first kappa shape index (κ1) is 17.0. The van der Waals surface area contributed by atoms with E-state index < -0.39 is 0 Å². The zero-order valence-electron chi connectivity index (χ0n) is 15.4. The fourth-order valence-corrected chi connectivity index (χ4v) is 3.30. The molecule has 2 aromatic heterocycles. The van der Waals surface area contributed by atoms with E-state index in [4.69, 9.17) is 4.98 Å². The number of nitrogens with zero attached hydrogens (tertiary/aromatic N) is 2. The largest absolute Gasteiger partial charge is 0.325 e. The molecule has 0 aliphatic rings. The highest BCUT2D eigenvalue weighted by Crippen LogP contribution is 2.28. The first-order valence-electron chi connectivity index (χ1n) is 8.99. The highest BCUT2D eigenvalue weighted by Gasteiger charge is 2.12. The standard InChI is InChI=1S/C23H21N3O/c1-16-7-5-9-18(13-16)14-22(27)24-20-11-4-3-10-19(20)21-15-26-12-6-8-17(2)23(26)25-21/h3-13,15H,14H2,1-2H3,(H,24,27). The van der Waals surface area contributed by atoms with Crippen molar-refractivity contribution >= 4 is 17.2 Å². The molecular formula is C23H21N3O. The van der Waals surface area contributed by atoms with E-state index in [0.717, 1.165) is 39.3 Å². The van der Waals surface area contributed by atoms with E-state index in [-0.39, 0.29) is 5.91 Å². The van der Waals surface area contributed by atoms with Gasteiger partial charge in [0.2, 0.25) is 5.91 Å². The van der Waals surface area contributed by atoms with E-state index >= 15 is 0 Å². The normalized spacial score (nSPS) is 10.9. The lowest BCUT2D eigenvalue weighted by atomic mass is 10.1. The van der Waals surface area contributed by atoms with Crippen molar-refractivity contribution < 1.29 is 4.79 Å². The fraction of sp³-hybridized carbons (Fsp3) is 0.130. The van der Waals surface area contributed by atoms with E-state index in [1.165, 1.54) is 0 Å². The van der Waals surface area contributed by atoms with Gasteiger partial charge in [-0.15, -0.1) is 0 Å². The number of imidazole rings is 1. The molecule has 0 aliphatic carbocycles. The lowest BCUT2D eigenvalue weighted by Gasteiger charge is -2.10. The lowest BCUT2D eigenvalue weighted by Crippen LogP contribution is -2.15. The highest BCUT2D eigenvalue weighted by molar-refractivity contribution is 5.96. The number of aryl methyl sites for hydroxylation is 2. The maximum absolute atomic E-state index is 12.6. The molecule has 0 saturated heterocycles. The van der Waals surface area contributed by atoms with E-state index in [2.05, 4.69) is 5.32 Å². The van der Waals surface area contributed by atoms with Crippen molar-refractivity contribution in [2.75, 3.05) is 5.32 Å². The van der Waals surface area contributed by atoms with Crippen LogP contribution in [-0.2, 0) is 11.2 Å². The van der Waals surface area contributed by atoms with Gasteiger partial charge in [-0.05, 0) is 37.1 Å². The van der Waals surface area contributed by atoms with Crippen LogP contribution in [0, 0.1) is 13.8 Å². The van der Waals surface area contributed by atoms with Crippen LogP contribution in [0.2, 0.25) is 0 Å². The summed E-state index contributed by atoms with van der Waals surface area (Å²) < 4.78 is 2.01. The number of carbonyl (C=O) groups excluding carboxylic acids is 1. The van der Waals surface area contributed by atoms with Crippen LogP contribution in [0.25, 0.3) is 16.9 Å². The average molecular weight is 355 g/mol. The third kappa shape index (κ3) is 3.60. The first-order chi connectivity index (χ1) is 13.1. The number of benzene rings is 2. The molecule has 134 valence electrons. The van der Waals surface area contributed by atoms with Crippen molar-refractivity contribution in [3.63, 3.8) is 0 Å². The monoisotopic (exact) mass is 355 g/mol. The number of hydrogen-bond donors (Lipinski definition) is 1. The third-order valence-electron chi connectivity index (χ3n) is 4.60. The SMILES string of the molecule is Cc1cccc(CC(=O)Nc2ccccc2-c2cn3cccc(C)c3n2)c1. The third-order valence-corrected chi connectivity index (χ3v) is 4.60. The number of carbonyl (C=O) groups is 1. The topological polar surface area (TPSA) is 46.4 Å². The fourth-order valence-electron chi connectivity index (χ4n) is 3.30. The number of fused-ring (bicyclic) bond motifs is 1. The maximum Gasteiger partial charge on any atom is 0.228 e. The van der Waals surface area contributed by atoms with Gasteiger partial charge in [-0.1, -0.05) is 54.1 Å². The number of anilines is 1. The van der Waals surface area contributed by atoms with Crippen LogP contribution in [0.4, 0.5) is 5.69 Å². The Kier molecular flexibility index (Phi) is 4.47. The van der Waals surface area contributed by atoms with Crippen molar-refractivity contribution in [3.8, 4) is 11.3 Å². The van der Waals surface area contributed by atoms with Crippen molar-refractivity contribution in [3.05, 3.63) is 89.7 Å². The molecule has 1 amide bonds. The number of para-hydroxylation sites is 1. The Hall–Kier alpha value is -3.40. The molecule has 2 aromatic carbocycles. The maximum atomic E-state index is 12.6. The van der Waals surface area contributed by atoms with Gasteiger partial charge in [0.1, 0.15) is 5.65 Å². The molecular weight excluding hydrogens is 334 g/mol. The number of amides is 1. The quantitative estimate of drug-likeness (QED) is 0.571. The summed E-state index contributed by atoms with van der Waals surface area (Å²) in [6, 6.07) is 19.9. The second-order valence-corrected chi connectivity index (χ2v) is 6.81.